The first kappa shape index (κ1) is 13.7. The first-order valence-corrected chi connectivity index (χ1v) is 5.84. The lowest BCUT2D eigenvalue weighted by atomic mass is 10.2. The Morgan fingerprint density at radius 1 is 1.50 bits per heavy atom. The van der Waals surface area contributed by atoms with Gasteiger partial charge in [0.15, 0.2) is 0 Å². The zero-order valence-electron chi connectivity index (χ0n) is 9.65. The van der Waals surface area contributed by atoms with Gasteiger partial charge in [0.1, 0.15) is 6.10 Å². The average molecular weight is 249 g/mol. The number of hydrogen-bond donors (Lipinski definition) is 2. The van der Waals surface area contributed by atoms with E-state index in [0.29, 0.717) is 12.5 Å². The minimum absolute atomic E-state index is 0. The molecule has 1 aliphatic heterocycles. The Morgan fingerprint density at radius 2 is 2.19 bits per heavy atom. The van der Waals surface area contributed by atoms with Crippen LogP contribution in [0.4, 0.5) is 0 Å². The van der Waals surface area contributed by atoms with E-state index in [9.17, 15) is 4.79 Å². The van der Waals surface area contributed by atoms with Gasteiger partial charge in [-0.25, -0.2) is 0 Å². The lowest BCUT2D eigenvalue weighted by Gasteiger charge is -2.12. The fourth-order valence-electron chi connectivity index (χ4n) is 2.10. The van der Waals surface area contributed by atoms with Crippen molar-refractivity contribution in [2.45, 2.75) is 38.4 Å². The summed E-state index contributed by atoms with van der Waals surface area (Å²) in [5.74, 6) is 1.53. The SMILES string of the molecule is CC1CC1CNC(=O)[C@@H]1CC[C@H](CN)O1.Cl. The molecule has 4 atom stereocenters. The molecule has 5 heteroatoms. The van der Waals surface area contributed by atoms with Gasteiger partial charge < -0.3 is 15.8 Å². The highest BCUT2D eigenvalue weighted by Gasteiger charge is 2.34. The van der Waals surface area contributed by atoms with Gasteiger partial charge in [0.2, 0.25) is 5.91 Å². The molecule has 1 saturated carbocycles. The molecule has 0 radical (unpaired) electrons. The van der Waals surface area contributed by atoms with Crippen LogP contribution in [0.1, 0.15) is 26.2 Å². The number of halogens is 1. The second kappa shape index (κ2) is 5.84. The van der Waals surface area contributed by atoms with Crippen LogP contribution in [0, 0.1) is 11.8 Å². The van der Waals surface area contributed by atoms with Crippen LogP contribution in [0.15, 0.2) is 0 Å². The molecule has 2 unspecified atom stereocenters. The molecule has 2 aliphatic rings. The van der Waals surface area contributed by atoms with Crippen LogP contribution in [-0.4, -0.2) is 31.2 Å². The van der Waals surface area contributed by atoms with Crippen molar-refractivity contribution < 1.29 is 9.53 Å². The van der Waals surface area contributed by atoms with Crippen molar-refractivity contribution in [1.82, 2.24) is 5.32 Å². The molecule has 0 spiro atoms. The van der Waals surface area contributed by atoms with E-state index in [4.69, 9.17) is 10.5 Å². The summed E-state index contributed by atoms with van der Waals surface area (Å²) in [6.07, 6.45) is 2.80. The fraction of sp³-hybridized carbons (Fsp3) is 0.909. The van der Waals surface area contributed by atoms with Gasteiger partial charge in [-0.1, -0.05) is 6.92 Å². The summed E-state index contributed by atoms with van der Waals surface area (Å²) in [6.45, 7) is 3.55. The van der Waals surface area contributed by atoms with E-state index in [1.807, 2.05) is 0 Å². The van der Waals surface area contributed by atoms with Gasteiger partial charge in [0.05, 0.1) is 6.10 Å². The molecule has 2 fully saturated rings. The van der Waals surface area contributed by atoms with Gasteiger partial charge in [-0.3, -0.25) is 4.79 Å². The lowest BCUT2D eigenvalue weighted by molar-refractivity contribution is -0.131. The van der Waals surface area contributed by atoms with Gasteiger partial charge >= 0.3 is 0 Å². The molecule has 1 aliphatic carbocycles. The molecule has 3 N–H and O–H groups in total. The normalized spacial score (nSPS) is 36.6. The number of amides is 1. The highest BCUT2D eigenvalue weighted by atomic mass is 35.5. The van der Waals surface area contributed by atoms with Crippen molar-refractivity contribution in [1.29, 1.82) is 0 Å². The average Bonchev–Trinajstić information content (AvgIpc) is 2.78. The third kappa shape index (κ3) is 3.34. The van der Waals surface area contributed by atoms with Crippen molar-refractivity contribution in [2.75, 3.05) is 13.1 Å². The number of nitrogens with one attached hydrogen (secondary N) is 1. The third-order valence-corrected chi connectivity index (χ3v) is 3.48. The quantitative estimate of drug-likeness (QED) is 0.769. The predicted octanol–water partition coefficient (Wildman–Crippen LogP) is 0.687. The Morgan fingerprint density at radius 3 is 2.69 bits per heavy atom. The van der Waals surface area contributed by atoms with Crippen LogP contribution in [-0.2, 0) is 9.53 Å². The van der Waals surface area contributed by atoms with Crippen molar-refractivity contribution in [2.24, 2.45) is 17.6 Å². The fourth-order valence-corrected chi connectivity index (χ4v) is 2.10. The van der Waals surface area contributed by atoms with Crippen LogP contribution in [0.2, 0.25) is 0 Å². The molecule has 0 aromatic rings. The minimum Gasteiger partial charge on any atom is -0.364 e. The van der Waals surface area contributed by atoms with Gasteiger partial charge in [-0.05, 0) is 31.1 Å². The summed E-state index contributed by atoms with van der Waals surface area (Å²) in [7, 11) is 0. The summed E-state index contributed by atoms with van der Waals surface area (Å²) in [5.41, 5.74) is 5.49. The summed E-state index contributed by atoms with van der Waals surface area (Å²) in [4.78, 5) is 11.7. The number of nitrogens with two attached hydrogens (primary N) is 1. The zero-order chi connectivity index (χ0) is 10.8. The minimum atomic E-state index is -0.257. The Bertz CT molecular complexity index is 250. The summed E-state index contributed by atoms with van der Waals surface area (Å²) < 4.78 is 5.51. The standard InChI is InChI=1S/C11H20N2O2.ClH/c1-7-4-8(7)6-13-11(14)10-3-2-9(5-12)15-10;/h7-10H,2-6,12H2,1H3,(H,13,14);1H/t7?,8?,9-,10+;/m1./s1. The van der Waals surface area contributed by atoms with Crippen LogP contribution in [0.25, 0.3) is 0 Å². The number of hydrogen-bond acceptors (Lipinski definition) is 3. The Hall–Kier alpha value is -0.320. The molecule has 16 heavy (non-hydrogen) atoms. The molecule has 4 nitrogen and oxygen atoms in total. The van der Waals surface area contributed by atoms with E-state index in [1.54, 1.807) is 0 Å². The van der Waals surface area contributed by atoms with Crippen LogP contribution >= 0.6 is 12.4 Å². The maximum Gasteiger partial charge on any atom is 0.249 e. The molecular formula is C11H21ClN2O2. The van der Waals surface area contributed by atoms with Crippen molar-refractivity contribution in [3.8, 4) is 0 Å². The summed E-state index contributed by atoms with van der Waals surface area (Å²) in [5, 5.41) is 2.96. The highest BCUT2D eigenvalue weighted by molar-refractivity contribution is 5.85. The van der Waals surface area contributed by atoms with Gasteiger partial charge in [-0.2, -0.15) is 0 Å². The number of ether oxygens (including phenoxy) is 1. The van der Waals surface area contributed by atoms with E-state index < -0.39 is 0 Å². The third-order valence-electron chi connectivity index (χ3n) is 3.48. The van der Waals surface area contributed by atoms with Gasteiger partial charge in [0.25, 0.3) is 0 Å². The monoisotopic (exact) mass is 248 g/mol. The lowest BCUT2D eigenvalue weighted by Crippen LogP contribution is -2.36. The Kier molecular flexibility index (Phi) is 5.02. The van der Waals surface area contributed by atoms with E-state index in [2.05, 4.69) is 12.2 Å². The molecule has 1 saturated heterocycles. The van der Waals surface area contributed by atoms with E-state index in [0.717, 1.165) is 25.3 Å². The summed E-state index contributed by atoms with van der Waals surface area (Å²) >= 11 is 0. The van der Waals surface area contributed by atoms with Crippen molar-refractivity contribution in [3.63, 3.8) is 0 Å². The van der Waals surface area contributed by atoms with E-state index in [1.165, 1.54) is 6.42 Å². The first-order valence-electron chi connectivity index (χ1n) is 5.84. The predicted molar refractivity (Wildman–Crippen MR) is 64.5 cm³/mol. The molecule has 0 aromatic heterocycles. The van der Waals surface area contributed by atoms with Crippen LogP contribution < -0.4 is 11.1 Å². The largest absolute Gasteiger partial charge is 0.364 e. The molecule has 0 aromatic carbocycles. The highest BCUT2D eigenvalue weighted by Crippen LogP contribution is 2.36. The molecule has 2 rings (SSSR count). The van der Waals surface area contributed by atoms with Crippen molar-refractivity contribution in [3.05, 3.63) is 0 Å². The number of rotatable bonds is 4. The smallest absolute Gasteiger partial charge is 0.249 e. The van der Waals surface area contributed by atoms with Crippen molar-refractivity contribution >= 4 is 18.3 Å². The molecule has 1 amide bonds. The zero-order valence-corrected chi connectivity index (χ0v) is 10.5. The number of carbonyl (C=O) groups is 1. The Balaban J connectivity index is 0.00000128. The second-order valence-corrected chi connectivity index (χ2v) is 4.78. The molecule has 94 valence electrons. The maximum atomic E-state index is 11.7. The molecule has 1 heterocycles. The van der Waals surface area contributed by atoms with Crippen LogP contribution in [0.5, 0.6) is 0 Å². The topological polar surface area (TPSA) is 64.4 Å². The van der Waals surface area contributed by atoms with Gasteiger partial charge in [0, 0.05) is 13.1 Å². The molecule has 0 bridgehead atoms. The van der Waals surface area contributed by atoms with E-state index in [-0.39, 0.29) is 30.5 Å². The first-order chi connectivity index (χ1) is 7.20. The van der Waals surface area contributed by atoms with Crippen LogP contribution in [0.3, 0.4) is 0 Å². The second-order valence-electron chi connectivity index (χ2n) is 4.78. The van der Waals surface area contributed by atoms with Gasteiger partial charge in [-0.15, -0.1) is 12.4 Å². The van der Waals surface area contributed by atoms with E-state index >= 15 is 0 Å². The maximum absolute atomic E-state index is 11.7. The summed E-state index contributed by atoms with van der Waals surface area (Å²) in [6, 6.07) is 0. The molecular weight excluding hydrogens is 228 g/mol. The Labute approximate surface area is 103 Å². The number of carbonyl (C=O) groups excluding carboxylic acids is 1.